The summed E-state index contributed by atoms with van der Waals surface area (Å²) in [6.07, 6.45) is 2.55. The Hall–Kier alpha value is -2.61. The van der Waals surface area contributed by atoms with Crippen LogP contribution in [0.5, 0.6) is 5.75 Å². The van der Waals surface area contributed by atoms with Gasteiger partial charge in [0.05, 0.1) is 6.61 Å². The highest BCUT2D eigenvalue weighted by Gasteiger charge is 2.25. The molecular weight excluding hydrogens is 316 g/mol. The van der Waals surface area contributed by atoms with Gasteiger partial charge in [-0.1, -0.05) is 29.5 Å². The highest BCUT2D eigenvalue weighted by Crippen LogP contribution is 2.30. The fourth-order valence-electron chi connectivity index (χ4n) is 2.83. The molecule has 0 radical (unpaired) electrons. The number of nitro groups is 1. The number of aromatic nitrogens is 2. The number of para-hydroxylation sites is 1. The first kappa shape index (κ1) is 14.0. The van der Waals surface area contributed by atoms with Crippen molar-refractivity contribution in [1.29, 1.82) is 0 Å². The summed E-state index contributed by atoms with van der Waals surface area (Å²) >= 11 is 1.37. The number of ether oxygens (including phenoxy) is 1. The van der Waals surface area contributed by atoms with Crippen LogP contribution in [0.15, 0.2) is 35.8 Å². The van der Waals surface area contributed by atoms with Crippen LogP contribution < -0.4 is 10.1 Å². The Morgan fingerprint density at radius 3 is 3.22 bits per heavy atom. The Morgan fingerprint density at radius 1 is 1.48 bits per heavy atom. The van der Waals surface area contributed by atoms with Gasteiger partial charge in [0.2, 0.25) is 5.82 Å². The van der Waals surface area contributed by atoms with E-state index in [1.165, 1.54) is 21.3 Å². The molecule has 0 fully saturated rings. The van der Waals surface area contributed by atoms with E-state index in [0.29, 0.717) is 23.9 Å². The molecule has 1 aliphatic rings. The highest BCUT2D eigenvalue weighted by molar-refractivity contribution is 7.15. The molecule has 0 unspecified atom stereocenters. The third-order valence-electron chi connectivity index (χ3n) is 3.92. The van der Waals surface area contributed by atoms with Crippen molar-refractivity contribution in [3.8, 4) is 5.75 Å². The Bertz CT molecular complexity index is 873. The standard InChI is InChI=1S/C15H14N4O3S/c20-19(21)14-13(17-15-18(14)5-6-23-15)16-8-10-7-11-3-1-2-4-12(11)22-9-10/h1-6,10,16H,7-9H2/t10-/m1/s1. The minimum Gasteiger partial charge on any atom is -0.493 e. The van der Waals surface area contributed by atoms with Crippen LogP contribution >= 0.6 is 11.3 Å². The van der Waals surface area contributed by atoms with E-state index in [0.717, 1.165) is 12.2 Å². The topological polar surface area (TPSA) is 81.7 Å². The molecule has 0 spiro atoms. The third-order valence-corrected chi connectivity index (χ3v) is 4.68. The Morgan fingerprint density at radius 2 is 2.35 bits per heavy atom. The van der Waals surface area contributed by atoms with Gasteiger partial charge in [-0.15, -0.1) is 0 Å². The number of imidazole rings is 1. The fraction of sp³-hybridized carbons (Fsp3) is 0.267. The van der Waals surface area contributed by atoms with E-state index in [1.54, 1.807) is 11.6 Å². The maximum absolute atomic E-state index is 11.3. The van der Waals surface area contributed by atoms with Gasteiger partial charge in [-0.25, -0.2) is 0 Å². The number of hydrogen-bond donors (Lipinski definition) is 1. The maximum atomic E-state index is 11.3. The summed E-state index contributed by atoms with van der Waals surface area (Å²) in [4.78, 5) is 15.8. The average molecular weight is 330 g/mol. The predicted octanol–water partition coefficient (Wildman–Crippen LogP) is 2.97. The number of hydrogen-bond acceptors (Lipinski definition) is 6. The summed E-state index contributed by atoms with van der Waals surface area (Å²) in [7, 11) is 0. The molecule has 0 saturated carbocycles. The molecule has 0 aliphatic carbocycles. The maximum Gasteiger partial charge on any atom is 0.372 e. The van der Waals surface area contributed by atoms with E-state index in [9.17, 15) is 10.1 Å². The molecule has 2 aromatic heterocycles. The molecular formula is C15H14N4O3S. The van der Waals surface area contributed by atoms with Crippen LogP contribution in [0, 0.1) is 16.0 Å². The molecule has 0 amide bonds. The van der Waals surface area contributed by atoms with Crippen molar-refractivity contribution in [3.63, 3.8) is 0 Å². The predicted molar refractivity (Wildman–Crippen MR) is 87.3 cm³/mol. The van der Waals surface area contributed by atoms with Gasteiger partial charge in [-0.3, -0.25) is 0 Å². The zero-order chi connectivity index (χ0) is 15.8. The summed E-state index contributed by atoms with van der Waals surface area (Å²) in [6.45, 7) is 1.18. The van der Waals surface area contributed by atoms with Gasteiger partial charge < -0.3 is 20.2 Å². The molecule has 8 heteroatoms. The van der Waals surface area contributed by atoms with Crippen molar-refractivity contribution in [1.82, 2.24) is 9.38 Å². The summed E-state index contributed by atoms with van der Waals surface area (Å²) < 4.78 is 7.25. The van der Waals surface area contributed by atoms with Gasteiger partial charge in [-0.2, -0.15) is 9.38 Å². The minimum atomic E-state index is -0.401. The summed E-state index contributed by atoms with van der Waals surface area (Å²) in [5.74, 6) is 1.49. The van der Waals surface area contributed by atoms with Gasteiger partial charge in [0.15, 0.2) is 0 Å². The molecule has 7 nitrogen and oxygen atoms in total. The molecule has 0 bridgehead atoms. The number of benzene rings is 1. The number of nitrogens with zero attached hydrogens (tertiary/aromatic N) is 3. The second-order valence-corrected chi connectivity index (χ2v) is 6.34. The minimum absolute atomic E-state index is 0.0154. The lowest BCUT2D eigenvalue weighted by Gasteiger charge is -2.25. The van der Waals surface area contributed by atoms with Crippen LogP contribution in [0.25, 0.3) is 4.96 Å². The van der Waals surface area contributed by atoms with Crippen LogP contribution in [-0.2, 0) is 6.42 Å². The van der Waals surface area contributed by atoms with E-state index in [4.69, 9.17) is 4.74 Å². The zero-order valence-corrected chi connectivity index (χ0v) is 13.0. The normalized spacial score (nSPS) is 16.8. The van der Waals surface area contributed by atoms with Crippen molar-refractivity contribution in [2.24, 2.45) is 5.92 Å². The van der Waals surface area contributed by atoms with Gasteiger partial charge in [0, 0.05) is 17.8 Å². The SMILES string of the molecule is O=[N+]([O-])c1c(NC[C@@H]2COc3ccccc3C2)nc2sccn12. The lowest BCUT2D eigenvalue weighted by molar-refractivity contribution is -0.389. The zero-order valence-electron chi connectivity index (χ0n) is 12.1. The second kappa shape index (κ2) is 5.54. The van der Waals surface area contributed by atoms with Crippen LogP contribution in [0.2, 0.25) is 0 Å². The molecule has 118 valence electrons. The van der Waals surface area contributed by atoms with Gasteiger partial charge in [0.25, 0.3) is 4.96 Å². The number of thiazole rings is 1. The molecule has 1 aromatic carbocycles. The third kappa shape index (κ3) is 2.50. The van der Waals surface area contributed by atoms with Crippen molar-refractivity contribution < 1.29 is 9.66 Å². The molecule has 23 heavy (non-hydrogen) atoms. The fourth-order valence-corrected chi connectivity index (χ4v) is 3.54. The smallest absolute Gasteiger partial charge is 0.372 e. The first-order chi connectivity index (χ1) is 11.2. The molecule has 1 atom stereocenters. The lowest BCUT2D eigenvalue weighted by atomic mass is 9.97. The van der Waals surface area contributed by atoms with Crippen molar-refractivity contribution >= 4 is 27.9 Å². The number of fused-ring (bicyclic) bond motifs is 2. The number of nitrogens with one attached hydrogen (secondary N) is 1. The van der Waals surface area contributed by atoms with Crippen molar-refractivity contribution in [2.45, 2.75) is 6.42 Å². The molecule has 1 aliphatic heterocycles. The quantitative estimate of drug-likeness (QED) is 0.587. The van der Waals surface area contributed by atoms with Crippen molar-refractivity contribution in [3.05, 3.63) is 51.5 Å². The largest absolute Gasteiger partial charge is 0.493 e. The van der Waals surface area contributed by atoms with E-state index < -0.39 is 4.92 Å². The molecule has 3 aromatic rings. The van der Waals surface area contributed by atoms with Crippen LogP contribution in [0.4, 0.5) is 11.6 Å². The summed E-state index contributed by atoms with van der Waals surface area (Å²) in [6, 6.07) is 7.97. The van der Waals surface area contributed by atoms with Gasteiger partial charge >= 0.3 is 5.82 Å². The monoisotopic (exact) mass is 330 g/mol. The van der Waals surface area contributed by atoms with Gasteiger partial charge in [0.1, 0.15) is 11.9 Å². The lowest BCUT2D eigenvalue weighted by Crippen LogP contribution is -2.27. The Kier molecular flexibility index (Phi) is 3.38. The second-order valence-electron chi connectivity index (χ2n) is 5.47. The van der Waals surface area contributed by atoms with E-state index in [-0.39, 0.29) is 11.7 Å². The average Bonchev–Trinajstić information content (AvgIpc) is 3.12. The number of rotatable bonds is 4. The first-order valence-corrected chi connectivity index (χ1v) is 8.15. The summed E-state index contributed by atoms with van der Waals surface area (Å²) in [5.41, 5.74) is 1.17. The molecule has 4 rings (SSSR count). The van der Waals surface area contributed by atoms with Crippen LogP contribution in [0.3, 0.4) is 0 Å². The molecule has 3 heterocycles. The molecule has 0 saturated heterocycles. The van der Waals surface area contributed by atoms with Crippen LogP contribution in [-0.4, -0.2) is 27.5 Å². The highest BCUT2D eigenvalue weighted by atomic mass is 32.1. The Balaban J connectivity index is 1.51. The van der Waals surface area contributed by atoms with E-state index >= 15 is 0 Å². The van der Waals surface area contributed by atoms with E-state index in [1.807, 2.05) is 18.2 Å². The first-order valence-electron chi connectivity index (χ1n) is 7.27. The van der Waals surface area contributed by atoms with Crippen LogP contribution in [0.1, 0.15) is 5.56 Å². The van der Waals surface area contributed by atoms with Crippen molar-refractivity contribution in [2.75, 3.05) is 18.5 Å². The molecule has 1 N–H and O–H groups in total. The number of anilines is 1. The summed E-state index contributed by atoms with van der Waals surface area (Å²) in [5, 5.41) is 16.2. The van der Waals surface area contributed by atoms with E-state index in [2.05, 4.69) is 16.4 Å². The van der Waals surface area contributed by atoms with Gasteiger partial charge in [-0.05, 0) is 23.0 Å². The Labute approximate surface area is 135 Å².